The fourth-order valence-corrected chi connectivity index (χ4v) is 2.23. The molecule has 1 heterocycles. The average molecular weight is 385 g/mol. The summed E-state index contributed by atoms with van der Waals surface area (Å²) in [4.78, 5) is 28.2. The molecule has 0 spiro atoms. The van der Waals surface area contributed by atoms with E-state index >= 15 is 0 Å². The van der Waals surface area contributed by atoms with Gasteiger partial charge in [-0.1, -0.05) is 18.2 Å². The quantitative estimate of drug-likeness (QED) is 0.470. The number of hydrogen-bond donors (Lipinski definition) is 2. The van der Waals surface area contributed by atoms with Gasteiger partial charge < -0.3 is 15.4 Å². The summed E-state index contributed by atoms with van der Waals surface area (Å²) in [5.74, 6) is -4.70. The van der Waals surface area contributed by atoms with E-state index in [9.17, 15) is 27.2 Å². The van der Waals surface area contributed by atoms with E-state index in [1.807, 2.05) is 5.32 Å². The first-order valence-corrected chi connectivity index (χ1v) is 7.55. The van der Waals surface area contributed by atoms with E-state index in [0.717, 1.165) is 19.2 Å². The van der Waals surface area contributed by atoms with Crippen molar-refractivity contribution < 1.29 is 31.9 Å². The molecule has 1 aromatic heterocycles. The summed E-state index contributed by atoms with van der Waals surface area (Å²) in [6.45, 7) is 1.52. The number of alkyl halides is 3. The predicted octanol–water partition coefficient (Wildman–Crippen LogP) is 2.80. The molecule has 2 rings (SSSR count). The van der Waals surface area contributed by atoms with Crippen molar-refractivity contribution in [2.24, 2.45) is 0 Å². The maximum atomic E-state index is 13.9. The molecule has 1 amide bonds. The van der Waals surface area contributed by atoms with Crippen LogP contribution in [0.3, 0.4) is 0 Å². The third-order valence-corrected chi connectivity index (χ3v) is 3.54. The lowest BCUT2D eigenvalue weighted by Crippen LogP contribution is -2.69. The number of carbonyl (C=O) groups excluding carboxylic acids is 2. The van der Waals surface area contributed by atoms with Crippen LogP contribution in [-0.4, -0.2) is 35.8 Å². The molecule has 2 aromatic rings. The van der Waals surface area contributed by atoms with Crippen LogP contribution in [0, 0.1) is 12.7 Å². The van der Waals surface area contributed by atoms with Gasteiger partial charge >= 0.3 is 17.8 Å². The molecule has 0 fully saturated rings. The zero-order valence-electron chi connectivity index (χ0n) is 14.2. The number of carbonyl (C=O) groups is 2. The van der Waals surface area contributed by atoms with E-state index in [1.54, 1.807) is 0 Å². The molecule has 6 nitrogen and oxygen atoms in total. The molecule has 0 aliphatic carbocycles. The Kier molecular flexibility index (Phi) is 5.67. The third-order valence-electron chi connectivity index (χ3n) is 3.54. The number of aryl methyl sites for hydroxylation is 1. The van der Waals surface area contributed by atoms with Crippen LogP contribution in [0.15, 0.2) is 42.5 Å². The summed E-state index contributed by atoms with van der Waals surface area (Å²) < 4.78 is 59.7. The van der Waals surface area contributed by atoms with Crippen molar-refractivity contribution in [3.63, 3.8) is 0 Å². The molecular formula is C17H15F4N3O3. The molecule has 144 valence electrons. The zero-order chi connectivity index (χ0) is 20.2. The van der Waals surface area contributed by atoms with Gasteiger partial charge in [-0.25, -0.2) is 14.2 Å². The molecular weight excluding hydrogens is 370 g/mol. The van der Waals surface area contributed by atoms with Gasteiger partial charge in [-0.2, -0.15) is 13.2 Å². The highest BCUT2D eigenvalue weighted by Crippen LogP contribution is 2.33. The SMILES string of the molecule is COC(=O)[C@@](NC(=O)c1ccccc1F)(Nc1cccc(C)n1)C(F)(F)F. The minimum Gasteiger partial charge on any atom is -0.466 e. The van der Waals surface area contributed by atoms with Crippen LogP contribution in [0.4, 0.5) is 23.4 Å². The smallest absolute Gasteiger partial charge is 0.441 e. The number of hydrogen-bond acceptors (Lipinski definition) is 5. The first-order chi connectivity index (χ1) is 12.6. The highest BCUT2D eigenvalue weighted by atomic mass is 19.4. The Bertz CT molecular complexity index is 857. The summed E-state index contributed by atoms with van der Waals surface area (Å²) in [7, 11) is 0.726. The van der Waals surface area contributed by atoms with Crippen LogP contribution in [0.2, 0.25) is 0 Å². The molecule has 0 aliphatic rings. The van der Waals surface area contributed by atoms with Crippen LogP contribution in [-0.2, 0) is 9.53 Å². The number of nitrogens with zero attached hydrogens (tertiary/aromatic N) is 1. The highest BCUT2D eigenvalue weighted by Gasteiger charge is 2.63. The van der Waals surface area contributed by atoms with Crippen molar-refractivity contribution in [1.82, 2.24) is 10.3 Å². The minimum atomic E-state index is -5.34. The van der Waals surface area contributed by atoms with Crippen molar-refractivity contribution in [1.29, 1.82) is 0 Å². The maximum Gasteiger partial charge on any atom is 0.441 e. The molecule has 0 radical (unpaired) electrons. The Morgan fingerprint density at radius 1 is 1.07 bits per heavy atom. The average Bonchev–Trinajstić information content (AvgIpc) is 2.59. The van der Waals surface area contributed by atoms with Crippen molar-refractivity contribution in [2.75, 3.05) is 12.4 Å². The van der Waals surface area contributed by atoms with Crippen LogP contribution in [0.5, 0.6) is 0 Å². The Balaban J connectivity index is 2.52. The lowest BCUT2D eigenvalue weighted by molar-refractivity contribution is -0.203. The first kappa shape index (κ1) is 20.1. The van der Waals surface area contributed by atoms with Crippen LogP contribution in [0.1, 0.15) is 16.1 Å². The largest absolute Gasteiger partial charge is 0.466 e. The minimum absolute atomic E-state index is 0.341. The van der Waals surface area contributed by atoms with Gasteiger partial charge in [0.05, 0.1) is 12.7 Å². The second kappa shape index (κ2) is 7.60. The molecule has 0 unspecified atom stereocenters. The van der Waals surface area contributed by atoms with E-state index in [2.05, 4.69) is 9.72 Å². The monoisotopic (exact) mass is 385 g/mol. The third kappa shape index (κ3) is 4.15. The molecule has 0 aliphatic heterocycles. The molecule has 0 saturated heterocycles. The number of esters is 1. The Labute approximate surface area is 151 Å². The number of benzene rings is 1. The zero-order valence-corrected chi connectivity index (χ0v) is 14.2. The predicted molar refractivity (Wildman–Crippen MR) is 87.3 cm³/mol. The molecule has 1 aromatic carbocycles. The molecule has 10 heteroatoms. The number of aromatic nitrogens is 1. The first-order valence-electron chi connectivity index (χ1n) is 7.55. The van der Waals surface area contributed by atoms with Crippen LogP contribution >= 0.6 is 0 Å². The number of halogens is 4. The van der Waals surface area contributed by atoms with E-state index in [1.165, 1.54) is 42.6 Å². The normalized spacial score (nSPS) is 13.4. The van der Waals surface area contributed by atoms with E-state index in [0.29, 0.717) is 5.69 Å². The summed E-state index contributed by atoms with van der Waals surface area (Å²) in [5, 5.41) is 3.40. The topological polar surface area (TPSA) is 80.3 Å². The van der Waals surface area contributed by atoms with Gasteiger partial charge in [0.25, 0.3) is 5.91 Å². The Morgan fingerprint density at radius 2 is 1.74 bits per heavy atom. The number of rotatable bonds is 5. The van der Waals surface area contributed by atoms with Gasteiger partial charge in [0.1, 0.15) is 11.6 Å². The maximum absolute atomic E-state index is 13.9. The van der Waals surface area contributed by atoms with E-state index in [4.69, 9.17) is 0 Å². The number of pyridine rings is 1. The number of nitrogens with one attached hydrogen (secondary N) is 2. The molecule has 1 atom stereocenters. The lowest BCUT2D eigenvalue weighted by atomic mass is 10.1. The van der Waals surface area contributed by atoms with Gasteiger partial charge in [0, 0.05) is 5.69 Å². The van der Waals surface area contributed by atoms with Crippen LogP contribution in [0.25, 0.3) is 0 Å². The summed E-state index contributed by atoms with van der Waals surface area (Å²) in [5.41, 5.74) is -3.99. The van der Waals surface area contributed by atoms with Gasteiger partial charge in [0.2, 0.25) is 0 Å². The van der Waals surface area contributed by atoms with Crippen molar-refractivity contribution in [3.8, 4) is 0 Å². The second-order valence-corrected chi connectivity index (χ2v) is 5.46. The summed E-state index contributed by atoms with van der Waals surface area (Å²) in [6.07, 6.45) is -5.34. The van der Waals surface area contributed by atoms with Gasteiger partial charge in [0.15, 0.2) is 0 Å². The number of ether oxygens (including phenoxy) is 1. The fraction of sp³-hybridized carbons (Fsp3) is 0.235. The van der Waals surface area contributed by atoms with Crippen LogP contribution < -0.4 is 10.6 Å². The highest BCUT2D eigenvalue weighted by molar-refractivity contribution is 5.99. The number of methoxy groups -OCH3 is 1. The van der Waals surface area contributed by atoms with Gasteiger partial charge in [-0.3, -0.25) is 4.79 Å². The fourth-order valence-electron chi connectivity index (χ4n) is 2.23. The molecule has 27 heavy (non-hydrogen) atoms. The standard InChI is InChI=1S/C17H15F4N3O3/c1-10-6-5-9-13(22-10)23-16(15(26)27-2,17(19,20)21)24-14(25)11-7-3-4-8-12(11)18/h3-9H,1-2H3,(H,22,23)(H,24,25)/t16-/m0/s1. The molecule has 2 N–H and O–H groups in total. The van der Waals surface area contributed by atoms with Crippen molar-refractivity contribution in [3.05, 3.63) is 59.5 Å². The molecule has 0 bridgehead atoms. The summed E-state index contributed by atoms with van der Waals surface area (Å²) >= 11 is 0. The van der Waals surface area contributed by atoms with Crippen molar-refractivity contribution >= 4 is 17.7 Å². The number of amides is 1. The number of anilines is 1. The van der Waals surface area contributed by atoms with E-state index < -0.39 is 35.1 Å². The Hall–Kier alpha value is -3.17. The van der Waals surface area contributed by atoms with Gasteiger partial charge in [-0.05, 0) is 31.2 Å². The summed E-state index contributed by atoms with van der Waals surface area (Å²) in [6, 6.07) is 8.51. The second-order valence-electron chi connectivity index (χ2n) is 5.46. The van der Waals surface area contributed by atoms with E-state index in [-0.39, 0.29) is 5.82 Å². The Morgan fingerprint density at radius 3 is 2.30 bits per heavy atom. The molecule has 0 saturated carbocycles. The van der Waals surface area contributed by atoms with Gasteiger partial charge in [-0.15, -0.1) is 0 Å². The van der Waals surface area contributed by atoms with Crippen molar-refractivity contribution in [2.45, 2.75) is 18.8 Å². The lowest BCUT2D eigenvalue weighted by Gasteiger charge is -2.34.